The fourth-order valence-electron chi connectivity index (χ4n) is 4.74. The molecule has 3 N–H and O–H groups in total. The van der Waals surface area contributed by atoms with Crippen LogP contribution >= 0.6 is 0 Å². The molecule has 1 spiro atoms. The first-order valence-electron chi connectivity index (χ1n) is 9.89. The molecule has 146 valence electrons. The van der Waals surface area contributed by atoms with Crippen molar-refractivity contribution in [1.29, 1.82) is 0 Å². The van der Waals surface area contributed by atoms with Gasteiger partial charge in [-0.1, -0.05) is 6.92 Å². The molecular weight excluding hydrogens is 365 g/mol. The number of fused-ring (bicyclic) bond motifs is 3. The van der Waals surface area contributed by atoms with E-state index in [1.165, 1.54) is 29.4 Å². The van der Waals surface area contributed by atoms with Crippen molar-refractivity contribution in [2.75, 3.05) is 4.72 Å². The largest absolute Gasteiger partial charge is 0.311 e. The maximum Gasteiger partial charge on any atom is 0.190 e. The van der Waals surface area contributed by atoms with E-state index in [0.717, 1.165) is 61.0 Å². The zero-order chi connectivity index (χ0) is 18.8. The van der Waals surface area contributed by atoms with Crippen molar-refractivity contribution >= 4 is 16.0 Å². The predicted molar refractivity (Wildman–Crippen MR) is 104 cm³/mol. The Balaban J connectivity index is 1.57. The van der Waals surface area contributed by atoms with E-state index < -0.39 is 16.1 Å². The minimum Gasteiger partial charge on any atom is -0.311 e. The molecule has 5 rings (SSSR count). The molecule has 3 aliphatic rings. The van der Waals surface area contributed by atoms with E-state index in [0.29, 0.717) is 6.54 Å². The van der Waals surface area contributed by atoms with Crippen molar-refractivity contribution in [3.05, 3.63) is 34.5 Å². The number of hydrogen-bond acceptors (Lipinski definition) is 3. The van der Waals surface area contributed by atoms with Gasteiger partial charge in [0.1, 0.15) is 0 Å². The number of nitrogens with zero attached hydrogens (tertiary/aromatic N) is 3. The Hall–Kier alpha value is -1.80. The zero-order valence-corrected chi connectivity index (χ0v) is 16.5. The fraction of sp³-hybridized carbons (Fsp3) is 0.579. The summed E-state index contributed by atoms with van der Waals surface area (Å²) in [5, 5.41) is 10.2. The second kappa shape index (κ2) is 5.85. The van der Waals surface area contributed by atoms with Gasteiger partial charge >= 0.3 is 0 Å². The van der Waals surface area contributed by atoms with Crippen molar-refractivity contribution in [2.24, 2.45) is 5.14 Å². The summed E-state index contributed by atoms with van der Waals surface area (Å²) in [4.78, 5) is 4.99. The highest BCUT2D eigenvalue weighted by molar-refractivity contribution is 8.02. The van der Waals surface area contributed by atoms with Crippen LogP contribution in [0, 0.1) is 5.82 Å². The van der Waals surface area contributed by atoms with Gasteiger partial charge in [0.2, 0.25) is 0 Å². The van der Waals surface area contributed by atoms with Crippen LogP contribution in [0.4, 0.5) is 10.1 Å². The first-order chi connectivity index (χ1) is 12.9. The Labute approximate surface area is 159 Å². The van der Waals surface area contributed by atoms with Crippen LogP contribution < -0.4 is 9.86 Å². The van der Waals surface area contributed by atoms with E-state index in [1.54, 1.807) is 0 Å². The second-order valence-electron chi connectivity index (χ2n) is 8.21. The number of anilines is 1. The summed E-state index contributed by atoms with van der Waals surface area (Å²) in [6.45, 7) is 2.55. The molecule has 2 aromatic heterocycles. The minimum atomic E-state index is -3.68. The molecular formula is C19H26FN5OS. The molecule has 0 radical (unpaired) electrons. The van der Waals surface area contributed by atoms with Crippen LogP contribution in [-0.2, 0) is 41.5 Å². The highest BCUT2D eigenvalue weighted by Gasteiger charge is 2.51. The summed E-state index contributed by atoms with van der Waals surface area (Å²) in [6.07, 6.45) is 9.37. The van der Waals surface area contributed by atoms with E-state index in [1.807, 2.05) is 6.92 Å². The molecule has 0 unspecified atom stereocenters. The van der Waals surface area contributed by atoms with Crippen LogP contribution in [0.15, 0.2) is 11.2 Å². The quantitative estimate of drug-likeness (QED) is 0.685. The van der Waals surface area contributed by atoms with Gasteiger partial charge in [0.05, 0.1) is 17.6 Å². The van der Waals surface area contributed by atoms with E-state index in [4.69, 9.17) is 10.1 Å². The van der Waals surface area contributed by atoms with Crippen molar-refractivity contribution in [1.82, 2.24) is 14.8 Å². The van der Waals surface area contributed by atoms with Gasteiger partial charge in [0.25, 0.3) is 0 Å². The molecule has 3 aliphatic carbocycles. The average Bonchev–Trinajstić information content (AvgIpc) is 2.93. The molecule has 0 bridgehead atoms. The fourth-order valence-corrected chi connectivity index (χ4v) is 6.07. The monoisotopic (exact) mass is 391 g/mol. The molecule has 1 saturated carbocycles. The van der Waals surface area contributed by atoms with Gasteiger partial charge in [-0.25, -0.2) is 8.60 Å². The maximum atomic E-state index is 14.4. The predicted octanol–water partition coefficient (Wildman–Crippen LogP) is 2.57. The van der Waals surface area contributed by atoms with Crippen molar-refractivity contribution in [3.63, 3.8) is 0 Å². The SMILES string of the molecule is CCCn1cc(F)c([SH](N)(=O)Nc2c3c(nc4c2CCC42CC2)CCC3)n1. The molecule has 2 heterocycles. The highest BCUT2D eigenvalue weighted by Crippen LogP contribution is 2.58. The van der Waals surface area contributed by atoms with Crippen LogP contribution in [-0.4, -0.2) is 19.0 Å². The number of halogens is 1. The van der Waals surface area contributed by atoms with Crippen molar-refractivity contribution in [2.45, 2.75) is 75.3 Å². The van der Waals surface area contributed by atoms with Gasteiger partial charge in [-0.15, -0.1) is 0 Å². The molecule has 1 fully saturated rings. The average molecular weight is 392 g/mol. The number of nitrogens with two attached hydrogens (primary N) is 1. The van der Waals surface area contributed by atoms with Gasteiger partial charge in [-0.3, -0.25) is 14.8 Å². The summed E-state index contributed by atoms with van der Waals surface area (Å²) >= 11 is 0. The standard InChI is InChI=1S/C19H26FN5OS/c1-2-10-25-11-14(20)18(23-25)27(21,26)24-16-12-4-3-5-15(12)22-17-13(16)6-7-19(17)8-9-19/h11,27H,2-10H2,1H3,(H3,21,22,24,26). The number of rotatable bonds is 5. The first-order valence-corrected chi connectivity index (χ1v) is 11.7. The molecule has 0 amide bonds. The lowest BCUT2D eigenvalue weighted by molar-refractivity contribution is 0.584. The maximum absolute atomic E-state index is 14.4. The van der Waals surface area contributed by atoms with Gasteiger partial charge in [0.15, 0.2) is 10.8 Å². The van der Waals surface area contributed by atoms with Crippen molar-refractivity contribution in [3.8, 4) is 0 Å². The third-order valence-electron chi connectivity index (χ3n) is 6.28. The number of nitrogens with one attached hydrogen (secondary N) is 1. The topological polar surface area (TPSA) is 85.8 Å². The molecule has 27 heavy (non-hydrogen) atoms. The molecule has 0 saturated heterocycles. The van der Waals surface area contributed by atoms with Gasteiger partial charge in [0, 0.05) is 28.0 Å². The lowest BCUT2D eigenvalue weighted by atomic mass is 10.0. The van der Waals surface area contributed by atoms with Gasteiger partial charge in [-0.05, 0) is 62.5 Å². The Morgan fingerprint density at radius 1 is 1.30 bits per heavy atom. The number of thiol groups is 1. The number of pyridine rings is 1. The van der Waals surface area contributed by atoms with Crippen LogP contribution in [0.5, 0.6) is 0 Å². The van der Waals surface area contributed by atoms with Gasteiger partial charge in [-0.2, -0.15) is 5.10 Å². The van der Waals surface area contributed by atoms with E-state index >= 15 is 0 Å². The Morgan fingerprint density at radius 2 is 2.11 bits per heavy atom. The number of aromatic nitrogens is 3. The summed E-state index contributed by atoms with van der Waals surface area (Å²) < 4.78 is 32.3. The third kappa shape index (κ3) is 2.64. The van der Waals surface area contributed by atoms with E-state index in [9.17, 15) is 8.60 Å². The third-order valence-corrected chi connectivity index (χ3v) is 7.77. The van der Waals surface area contributed by atoms with Crippen LogP contribution in [0.1, 0.15) is 61.5 Å². The normalized spacial score (nSPS) is 20.0. The smallest absolute Gasteiger partial charge is 0.190 e. The molecule has 0 aromatic carbocycles. The van der Waals surface area contributed by atoms with Gasteiger partial charge < -0.3 is 4.72 Å². The van der Waals surface area contributed by atoms with Crippen LogP contribution in [0.2, 0.25) is 0 Å². The Morgan fingerprint density at radius 3 is 2.85 bits per heavy atom. The molecule has 0 aliphatic heterocycles. The molecule has 2 aromatic rings. The number of aryl methyl sites for hydroxylation is 2. The molecule has 6 nitrogen and oxygen atoms in total. The van der Waals surface area contributed by atoms with Crippen LogP contribution in [0.3, 0.4) is 0 Å². The van der Waals surface area contributed by atoms with Crippen molar-refractivity contribution < 1.29 is 8.60 Å². The molecule has 0 atom stereocenters. The van der Waals surface area contributed by atoms with Crippen LogP contribution in [0.25, 0.3) is 0 Å². The summed E-state index contributed by atoms with van der Waals surface area (Å²) in [6, 6.07) is 0. The molecule has 8 heteroatoms. The zero-order valence-electron chi connectivity index (χ0n) is 15.6. The summed E-state index contributed by atoms with van der Waals surface area (Å²) in [5.41, 5.74) is 5.61. The summed E-state index contributed by atoms with van der Waals surface area (Å²) in [5.74, 6) is -0.609. The lowest BCUT2D eigenvalue weighted by Gasteiger charge is -2.24. The van der Waals surface area contributed by atoms with E-state index in [2.05, 4.69) is 9.82 Å². The summed E-state index contributed by atoms with van der Waals surface area (Å²) in [7, 11) is -3.68. The second-order valence-corrected chi connectivity index (χ2v) is 10.2. The minimum absolute atomic E-state index is 0.160. The lowest BCUT2D eigenvalue weighted by Crippen LogP contribution is -2.34. The highest BCUT2D eigenvalue weighted by atomic mass is 32.3. The Kier molecular flexibility index (Phi) is 3.75. The Bertz CT molecular complexity index is 981. The first kappa shape index (κ1) is 17.3. The number of hydrogen-bond donors (Lipinski definition) is 3. The van der Waals surface area contributed by atoms with E-state index in [-0.39, 0.29) is 10.4 Å².